The van der Waals surface area contributed by atoms with Crippen LogP contribution in [0.15, 0.2) is 36.0 Å². The van der Waals surface area contributed by atoms with E-state index in [1.807, 2.05) is 26.0 Å². The van der Waals surface area contributed by atoms with E-state index in [-0.39, 0.29) is 55.6 Å². The maximum atomic E-state index is 14.2. The maximum absolute atomic E-state index is 14.2. The zero-order valence-electron chi connectivity index (χ0n) is 34.3. The lowest BCUT2D eigenvalue weighted by Crippen LogP contribution is -2.64. The van der Waals surface area contributed by atoms with Gasteiger partial charge in [0.25, 0.3) is 11.7 Å². The standard InChI is InChI=1S/C43H65NO12/c1-9-12-30-18-24(2)17-25(3)19-36(53-7)39-37(54-8)21-27(5)43(52,56-39)40(49)41(50)44-16-11-10-13-31(44)42(51)55-38(28(6)33(46)23-34(30)47)26(4)20-29-14-15-32(45)35(48)22-29/h9,18,20,25,27-33,36-39,45-46,52H,1,10-17,19,21-23H2,2-8H3/b24-18+,26-20+/t25-,27+,28+,29-,30+,31-,32+,33-,36-,37-,38+,39+,43+/m0/s1. The Morgan fingerprint density at radius 3 is 2.29 bits per heavy atom. The van der Waals surface area contributed by atoms with Crippen molar-refractivity contribution in [2.24, 2.45) is 29.6 Å². The summed E-state index contributed by atoms with van der Waals surface area (Å²) >= 11 is 0. The summed E-state index contributed by atoms with van der Waals surface area (Å²) in [5, 5.41) is 33.6. The van der Waals surface area contributed by atoms with Gasteiger partial charge in [-0.25, -0.2) is 4.79 Å². The molecule has 3 aliphatic heterocycles. The van der Waals surface area contributed by atoms with Crippen molar-refractivity contribution >= 4 is 29.2 Å². The zero-order valence-corrected chi connectivity index (χ0v) is 34.3. The molecule has 0 aromatic carbocycles. The Labute approximate surface area is 331 Å². The number of aliphatic hydroxyl groups is 3. The van der Waals surface area contributed by atoms with E-state index in [1.54, 1.807) is 26.8 Å². The summed E-state index contributed by atoms with van der Waals surface area (Å²) in [5.41, 5.74) is 1.49. The van der Waals surface area contributed by atoms with Crippen LogP contribution >= 0.6 is 0 Å². The number of cyclic esters (lactones) is 1. The number of esters is 1. The van der Waals surface area contributed by atoms with Crippen LogP contribution in [0.4, 0.5) is 0 Å². The van der Waals surface area contributed by atoms with Crippen molar-refractivity contribution < 1.29 is 58.2 Å². The van der Waals surface area contributed by atoms with Crippen molar-refractivity contribution in [2.75, 3.05) is 20.8 Å². The minimum absolute atomic E-state index is 0.00296. The molecule has 56 heavy (non-hydrogen) atoms. The highest BCUT2D eigenvalue weighted by Crippen LogP contribution is 2.39. The van der Waals surface area contributed by atoms with E-state index in [9.17, 15) is 39.3 Å². The average Bonchev–Trinajstić information content (AvgIpc) is 3.16. The number of nitrogens with zero attached hydrogens (tertiary/aromatic N) is 1. The van der Waals surface area contributed by atoms with Crippen LogP contribution in [0.2, 0.25) is 0 Å². The van der Waals surface area contributed by atoms with Gasteiger partial charge in [0, 0.05) is 51.4 Å². The van der Waals surface area contributed by atoms with Crippen molar-refractivity contribution in [3.05, 3.63) is 36.0 Å². The molecule has 1 saturated carbocycles. The van der Waals surface area contributed by atoms with Gasteiger partial charge in [0.15, 0.2) is 5.78 Å². The second kappa shape index (κ2) is 20.1. The number of Topliss-reactive ketones (excluding diaryl/α,β-unsaturated/α-hetero) is 3. The van der Waals surface area contributed by atoms with Crippen molar-refractivity contribution in [1.29, 1.82) is 0 Å². The van der Waals surface area contributed by atoms with Crippen LogP contribution in [-0.2, 0) is 42.9 Å². The molecule has 1 amide bonds. The Balaban J connectivity index is 1.78. The summed E-state index contributed by atoms with van der Waals surface area (Å²) in [7, 11) is 3.03. The molecule has 0 radical (unpaired) electrons. The Bertz CT molecular complexity index is 1510. The first kappa shape index (κ1) is 45.6. The van der Waals surface area contributed by atoms with E-state index in [1.165, 1.54) is 14.2 Å². The van der Waals surface area contributed by atoms with Crippen LogP contribution < -0.4 is 0 Å². The summed E-state index contributed by atoms with van der Waals surface area (Å²) in [5.74, 6) is -8.51. The van der Waals surface area contributed by atoms with Gasteiger partial charge in [0.05, 0.1) is 18.3 Å². The number of fused-ring (bicyclic) bond motifs is 3. The molecule has 4 aliphatic rings. The SMILES string of the molecule is C=CC[C@@H]1/C=C(\C)C[C@H](C)C[C@H](OC)[C@H]2O[C@@](O)(C(=O)C(=O)N3CCCC[C@H]3C(=O)O[C@H](/C(C)=C/[C@@H]3CC[C@@H](O)C(=O)C3)[C@H](C)[C@@H](O)CC1=O)[C@H](C)C[C@@H]2OC. The number of amides is 1. The molecule has 13 heteroatoms. The lowest BCUT2D eigenvalue weighted by molar-refractivity contribution is -0.302. The number of piperidine rings is 1. The lowest BCUT2D eigenvalue weighted by Gasteiger charge is -2.47. The van der Waals surface area contributed by atoms with Crippen LogP contribution in [0.25, 0.3) is 0 Å². The third kappa shape index (κ3) is 10.7. The fourth-order valence-electron chi connectivity index (χ4n) is 9.05. The van der Waals surface area contributed by atoms with Crippen molar-refractivity contribution in [3.8, 4) is 0 Å². The smallest absolute Gasteiger partial charge is 0.329 e. The lowest BCUT2D eigenvalue weighted by atomic mass is 9.82. The van der Waals surface area contributed by atoms with E-state index >= 15 is 0 Å². The molecule has 2 saturated heterocycles. The van der Waals surface area contributed by atoms with Gasteiger partial charge in [-0.3, -0.25) is 19.2 Å². The largest absolute Gasteiger partial charge is 0.456 e. The molecule has 314 valence electrons. The van der Waals surface area contributed by atoms with E-state index in [4.69, 9.17) is 18.9 Å². The topological polar surface area (TPSA) is 186 Å². The predicted molar refractivity (Wildman–Crippen MR) is 207 cm³/mol. The summed E-state index contributed by atoms with van der Waals surface area (Å²) in [6, 6.07) is -1.18. The highest BCUT2D eigenvalue weighted by Gasteiger charge is 2.56. The first-order valence-electron chi connectivity index (χ1n) is 20.3. The van der Waals surface area contributed by atoms with Gasteiger partial charge in [-0.05, 0) is 89.0 Å². The Kier molecular flexibility index (Phi) is 16.4. The number of aliphatic hydroxyl groups excluding tert-OH is 2. The number of methoxy groups -OCH3 is 2. The summed E-state index contributed by atoms with van der Waals surface area (Å²) in [4.78, 5) is 70.0. The summed E-state index contributed by atoms with van der Waals surface area (Å²) in [6.45, 7) is 12.9. The fourth-order valence-corrected chi connectivity index (χ4v) is 9.05. The summed E-state index contributed by atoms with van der Waals surface area (Å²) in [6.07, 6.45) is 3.52. The number of hydrogen-bond donors (Lipinski definition) is 3. The molecule has 13 atom stereocenters. The minimum atomic E-state index is -2.53. The summed E-state index contributed by atoms with van der Waals surface area (Å²) < 4.78 is 24.1. The van der Waals surface area contributed by atoms with E-state index in [0.717, 1.165) is 10.5 Å². The Morgan fingerprint density at radius 2 is 1.64 bits per heavy atom. The van der Waals surface area contributed by atoms with E-state index in [2.05, 4.69) is 6.58 Å². The minimum Gasteiger partial charge on any atom is -0.456 e. The van der Waals surface area contributed by atoms with E-state index in [0.29, 0.717) is 50.5 Å². The fraction of sp³-hybridized carbons (Fsp3) is 0.744. The molecule has 0 aromatic rings. The number of carbonyl (C=O) groups is 5. The number of ketones is 3. The molecule has 0 spiro atoms. The molecule has 2 bridgehead atoms. The van der Waals surface area contributed by atoms with Gasteiger partial charge < -0.3 is 39.2 Å². The molecular formula is C43H65NO12. The zero-order chi connectivity index (χ0) is 41.5. The molecule has 3 N–H and O–H groups in total. The van der Waals surface area contributed by atoms with Crippen LogP contribution in [0.1, 0.15) is 105 Å². The number of carbonyl (C=O) groups excluding carboxylic acids is 5. The number of hydrogen-bond acceptors (Lipinski definition) is 12. The number of rotatable bonds is 6. The van der Waals surface area contributed by atoms with Crippen molar-refractivity contribution in [1.82, 2.24) is 4.90 Å². The molecule has 3 heterocycles. The van der Waals surface area contributed by atoms with Gasteiger partial charge in [0.1, 0.15) is 30.1 Å². The maximum Gasteiger partial charge on any atom is 0.329 e. The normalized spacial score (nSPS) is 40.2. The third-order valence-electron chi connectivity index (χ3n) is 12.4. The quantitative estimate of drug-likeness (QED) is 0.198. The molecule has 4 rings (SSSR count). The second-order valence-electron chi connectivity index (χ2n) is 16.9. The van der Waals surface area contributed by atoms with Crippen LogP contribution in [-0.4, -0.2) is 119 Å². The first-order chi connectivity index (χ1) is 26.4. The molecular weight excluding hydrogens is 722 g/mol. The van der Waals surface area contributed by atoms with Gasteiger partial charge in [-0.2, -0.15) is 0 Å². The Hall–Kier alpha value is -3.07. The average molecular weight is 788 g/mol. The van der Waals surface area contributed by atoms with E-state index < -0.39 is 83.9 Å². The third-order valence-corrected chi connectivity index (χ3v) is 12.4. The van der Waals surface area contributed by atoms with Gasteiger partial charge in [0.2, 0.25) is 5.79 Å². The molecule has 3 fully saturated rings. The first-order valence-corrected chi connectivity index (χ1v) is 20.3. The van der Waals surface area contributed by atoms with Crippen LogP contribution in [0, 0.1) is 29.6 Å². The highest BCUT2D eigenvalue weighted by molar-refractivity contribution is 6.39. The van der Waals surface area contributed by atoms with Crippen LogP contribution in [0.3, 0.4) is 0 Å². The Morgan fingerprint density at radius 1 is 0.964 bits per heavy atom. The number of allylic oxidation sites excluding steroid dienone is 4. The molecule has 0 unspecified atom stereocenters. The molecule has 1 aliphatic carbocycles. The van der Waals surface area contributed by atoms with Gasteiger partial charge >= 0.3 is 5.97 Å². The van der Waals surface area contributed by atoms with Gasteiger partial charge in [-0.15, -0.1) is 6.58 Å². The van der Waals surface area contributed by atoms with Crippen LogP contribution in [0.5, 0.6) is 0 Å². The second-order valence-corrected chi connectivity index (χ2v) is 16.9. The monoisotopic (exact) mass is 787 g/mol. The van der Waals surface area contributed by atoms with Gasteiger partial charge in [-0.1, -0.05) is 44.6 Å². The predicted octanol–water partition coefficient (Wildman–Crippen LogP) is 4.19. The number of ether oxygens (including phenoxy) is 4. The molecule has 13 nitrogen and oxygen atoms in total. The van der Waals surface area contributed by atoms with Crippen molar-refractivity contribution in [2.45, 2.75) is 154 Å². The highest BCUT2D eigenvalue weighted by atomic mass is 16.7. The molecule has 0 aromatic heterocycles. The van der Waals surface area contributed by atoms with Crippen molar-refractivity contribution in [3.63, 3.8) is 0 Å².